The molecule has 110 valence electrons. The van der Waals surface area contributed by atoms with E-state index in [1.54, 1.807) is 0 Å². The molecular formula is C20H27B. The highest BCUT2D eigenvalue weighted by atomic mass is 14.2. The maximum absolute atomic E-state index is 2.40. The Morgan fingerprint density at radius 2 is 1.67 bits per heavy atom. The van der Waals surface area contributed by atoms with Gasteiger partial charge in [-0.25, -0.2) is 0 Å². The third-order valence-electron chi connectivity index (χ3n) is 4.11. The van der Waals surface area contributed by atoms with Crippen LogP contribution in [0.15, 0.2) is 48.5 Å². The van der Waals surface area contributed by atoms with Crippen molar-refractivity contribution in [2.75, 3.05) is 0 Å². The van der Waals surface area contributed by atoms with E-state index < -0.39 is 0 Å². The first-order valence-corrected chi connectivity index (χ1v) is 8.21. The molecule has 0 spiro atoms. The van der Waals surface area contributed by atoms with Gasteiger partial charge in [0.05, 0.1) is 0 Å². The van der Waals surface area contributed by atoms with Gasteiger partial charge in [0, 0.05) is 0 Å². The topological polar surface area (TPSA) is 0 Å². The van der Waals surface area contributed by atoms with Crippen LogP contribution in [-0.2, 0) is 11.8 Å². The van der Waals surface area contributed by atoms with Crippen molar-refractivity contribution < 1.29 is 0 Å². The number of benzene rings is 2. The molecule has 0 unspecified atom stereocenters. The first-order chi connectivity index (χ1) is 10.0. The fourth-order valence-electron chi connectivity index (χ4n) is 2.71. The van der Waals surface area contributed by atoms with Gasteiger partial charge in [-0.2, -0.15) is 0 Å². The summed E-state index contributed by atoms with van der Waals surface area (Å²) in [4.78, 5) is 0. The van der Waals surface area contributed by atoms with Gasteiger partial charge >= 0.3 is 0 Å². The van der Waals surface area contributed by atoms with E-state index >= 15 is 0 Å². The minimum atomic E-state index is 0.200. The third-order valence-corrected chi connectivity index (χ3v) is 4.11. The van der Waals surface area contributed by atoms with Crippen molar-refractivity contribution in [3.63, 3.8) is 0 Å². The zero-order valence-electron chi connectivity index (χ0n) is 13.9. The second kappa shape index (κ2) is 6.98. The largest absolute Gasteiger partial charge is 0.117 e. The van der Waals surface area contributed by atoms with E-state index in [0.717, 1.165) is 0 Å². The van der Waals surface area contributed by atoms with Crippen LogP contribution in [0.4, 0.5) is 0 Å². The van der Waals surface area contributed by atoms with Gasteiger partial charge in [-0.3, -0.25) is 0 Å². The molecule has 0 nitrogen and oxygen atoms in total. The second-order valence-corrected chi connectivity index (χ2v) is 6.95. The van der Waals surface area contributed by atoms with Crippen LogP contribution in [0.25, 0.3) is 11.1 Å². The van der Waals surface area contributed by atoms with Crippen LogP contribution < -0.4 is 0 Å². The molecule has 1 heteroatoms. The van der Waals surface area contributed by atoms with Crippen molar-refractivity contribution in [3.05, 3.63) is 59.7 Å². The van der Waals surface area contributed by atoms with Crippen molar-refractivity contribution in [2.45, 2.75) is 52.2 Å². The lowest BCUT2D eigenvalue weighted by Gasteiger charge is -2.21. The minimum absolute atomic E-state index is 0.200. The summed E-state index contributed by atoms with van der Waals surface area (Å²) in [5, 5.41) is 0. The van der Waals surface area contributed by atoms with Crippen LogP contribution >= 0.6 is 0 Å². The van der Waals surface area contributed by atoms with Crippen LogP contribution in [0, 0.1) is 0 Å². The summed E-state index contributed by atoms with van der Waals surface area (Å²) in [6, 6.07) is 17.9. The highest BCUT2D eigenvalue weighted by molar-refractivity contribution is 6.33. The van der Waals surface area contributed by atoms with Gasteiger partial charge in [0.25, 0.3) is 0 Å². The zero-order valence-corrected chi connectivity index (χ0v) is 13.9. The molecule has 0 heterocycles. The third kappa shape index (κ3) is 4.23. The molecule has 21 heavy (non-hydrogen) atoms. The molecule has 0 saturated heterocycles. The van der Waals surface area contributed by atoms with Crippen molar-refractivity contribution >= 4 is 7.28 Å². The van der Waals surface area contributed by atoms with Crippen molar-refractivity contribution in [1.82, 2.24) is 0 Å². The molecule has 2 rings (SSSR count). The van der Waals surface area contributed by atoms with E-state index in [1.165, 1.54) is 48.7 Å². The summed E-state index contributed by atoms with van der Waals surface area (Å²) in [7, 11) is 1.28. The maximum Gasteiger partial charge on any atom is 0.117 e. The fraction of sp³-hybridized carbons (Fsp3) is 0.400. The molecule has 0 aliphatic heterocycles. The molecule has 0 aliphatic rings. The Morgan fingerprint density at radius 1 is 0.952 bits per heavy atom. The van der Waals surface area contributed by atoms with E-state index in [2.05, 4.69) is 76.1 Å². The highest BCUT2D eigenvalue weighted by Gasteiger charge is 2.16. The van der Waals surface area contributed by atoms with Gasteiger partial charge in [0.2, 0.25) is 0 Å². The minimum Gasteiger partial charge on any atom is -0.0893 e. The first-order valence-electron chi connectivity index (χ1n) is 8.21. The Kier molecular flexibility index (Phi) is 5.28. The maximum atomic E-state index is 2.40. The predicted octanol–water partition coefficient (Wildman–Crippen LogP) is 5.49. The number of hydrogen-bond acceptors (Lipinski definition) is 0. The number of aryl methyl sites for hydroxylation is 1. The van der Waals surface area contributed by atoms with Crippen LogP contribution in [0.5, 0.6) is 0 Å². The summed E-state index contributed by atoms with van der Waals surface area (Å²) >= 11 is 0. The Bertz CT molecular complexity index is 564. The van der Waals surface area contributed by atoms with E-state index in [1.807, 2.05) is 0 Å². The molecule has 2 aromatic rings. The molecule has 0 aliphatic carbocycles. The molecule has 0 amide bonds. The van der Waals surface area contributed by atoms with Gasteiger partial charge in [-0.05, 0) is 34.1 Å². The quantitative estimate of drug-likeness (QED) is 0.501. The summed E-state index contributed by atoms with van der Waals surface area (Å²) < 4.78 is 0. The van der Waals surface area contributed by atoms with Gasteiger partial charge in [0.15, 0.2) is 0 Å². The van der Waals surface area contributed by atoms with E-state index in [9.17, 15) is 0 Å². The molecule has 0 aromatic heterocycles. The molecule has 0 saturated carbocycles. The number of rotatable bonds is 5. The van der Waals surface area contributed by atoms with Crippen molar-refractivity contribution in [1.29, 1.82) is 0 Å². The van der Waals surface area contributed by atoms with Crippen LogP contribution in [-0.4, -0.2) is 7.28 Å². The Balaban J connectivity index is 2.41. The molecule has 0 atom stereocenters. The summed E-state index contributed by atoms with van der Waals surface area (Å²) in [5.74, 6) is 0. The normalized spacial score (nSPS) is 11.4. The predicted molar refractivity (Wildman–Crippen MR) is 96.7 cm³/mol. The lowest BCUT2D eigenvalue weighted by Crippen LogP contribution is -2.11. The molecule has 0 N–H and O–H groups in total. The molecular weight excluding hydrogens is 251 g/mol. The first kappa shape index (κ1) is 15.9. The highest BCUT2D eigenvalue weighted by Crippen LogP contribution is 2.31. The average Bonchev–Trinajstić information content (AvgIpc) is 2.47. The SMILES string of the molecule is CBCCCc1ccc(C(C)(C)C)cc1-c1ccccc1. The molecule has 0 radical (unpaired) electrons. The van der Waals surface area contributed by atoms with Crippen LogP contribution in [0.1, 0.15) is 38.3 Å². The molecule has 2 aromatic carbocycles. The number of hydrogen-bond donors (Lipinski definition) is 0. The fourth-order valence-corrected chi connectivity index (χ4v) is 2.71. The van der Waals surface area contributed by atoms with Gasteiger partial charge in [0.1, 0.15) is 7.28 Å². The van der Waals surface area contributed by atoms with Crippen LogP contribution in [0.2, 0.25) is 13.1 Å². The standard InChI is InChI=1S/C20H27B/c1-20(2,3)18-13-12-17(11-8-14-21-4)19(15-18)16-9-6-5-7-10-16/h5-7,9-10,12-13,15,21H,8,11,14H2,1-4H3. The Morgan fingerprint density at radius 3 is 2.29 bits per heavy atom. The van der Waals surface area contributed by atoms with Crippen molar-refractivity contribution in [3.8, 4) is 11.1 Å². The summed E-state index contributed by atoms with van der Waals surface area (Å²) in [6.07, 6.45) is 3.78. The molecule has 0 bridgehead atoms. The zero-order chi connectivity index (χ0) is 15.3. The average molecular weight is 278 g/mol. The monoisotopic (exact) mass is 278 g/mol. The van der Waals surface area contributed by atoms with Gasteiger partial charge in [-0.1, -0.05) is 88.9 Å². The molecule has 0 fully saturated rings. The van der Waals surface area contributed by atoms with Gasteiger partial charge in [-0.15, -0.1) is 0 Å². The lowest BCUT2D eigenvalue weighted by atomic mass is 9.75. The Labute approximate surface area is 130 Å². The second-order valence-electron chi connectivity index (χ2n) is 6.95. The summed E-state index contributed by atoms with van der Waals surface area (Å²) in [5.41, 5.74) is 5.86. The summed E-state index contributed by atoms with van der Waals surface area (Å²) in [6.45, 7) is 9.12. The van der Waals surface area contributed by atoms with E-state index in [4.69, 9.17) is 0 Å². The smallest absolute Gasteiger partial charge is 0.0893 e. The van der Waals surface area contributed by atoms with Gasteiger partial charge < -0.3 is 0 Å². The van der Waals surface area contributed by atoms with Crippen LogP contribution in [0.3, 0.4) is 0 Å². The van der Waals surface area contributed by atoms with Crippen molar-refractivity contribution in [2.24, 2.45) is 0 Å². The van der Waals surface area contributed by atoms with E-state index in [-0.39, 0.29) is 5.41 Å². The van der Waals surface area contributed by atoms with E-state index in [0.29, 0.717) is 0 Å². The lowest BCUT2D eigenvalue weighted by molar-refractivity contribution is 0.590. The Hall–Kier alpha value is -1.50.